The third-order valence-corrected chi connectivity index (χ3v) is 4.23. The van der Waals surface area contributed by atoms with Crippen LogP contribution in [0, 0.1) is 0 Å². The van der Waals surface area contributed by atoms with Gasteiger partial charge in [-0.15, -0.1) is 0 Å². The summed E-state index contributed by atoms with van der Waals surface area (Å²) >= 11 is 0. The van der Waals surface area contributed by atoms with Crippen LogP contribution in [0.1, 0.15) is 17.0 Å². The standard InChI is InChI=1S/C22H26N4O2/c1-27-20-9-7-18(8-10-20)11-14-24-22(25-15-12-21-6-4-16-28-21)26-17-19-5-2-3-13-23-19/h2-10,13,16H,11-12,14-15,17H2,1H3,(H2,24,25,26). The van der Waals surface area contributed by atoms with Crippen LogP contribution in [0.25, 0.3) is 0 Å². The molecule has 0 atom stereocenters. The number of rotatable bonds is 9. The number of hydrogen-bond acceptors (Lipinski definition) is 4. The Hall–Kier alpha value is -3.28. The quantitative estimate of drug-likeness (QED) is 0.442. The highest BCUT2D eigenvalue weighted by Crippen LogP contribution is 2.11. The van der Waals surface area contributed by atoms with Crippen LogP contribution in [0.4, 0.5) is 0 Å². The Balaban J connectivity index is 1.52. The molecule has 3 rings (SSSR count). The lowest BCUT2D eigenvalue weighted by molar-refractivity contribution is 0.414. The number of hydrogen-bond donors (Lipinski definition) is 2. The second-order valence-corrected chi connectivity index (χ2v) is 6.27. The summed E-state index contributed by atoms with van der Waals surface area (Å²) in [5.74, 6) is 2.59. The van der Waals surface area contributed by atoms with Crippen molar-refractivity contribution in [1.82, 2.24) is 15.6 Å². The Morgan fingerprint density at radius 1 is 1.00 bits per heavy atom. The van der Waals surface area contributed by atoms with Gasteiger partial charge in [0.05, 0.1) is 25.6 Å². The van der Waals surface area contributed by atoms with E-state index in [1.54, 1.807) is 19.6 Å². The summed E-state index contributed by atoms with van der Waals surface area (Å²) in [5.41, 5.74) is 2.18. The van der Waals surface area contributed by atoms with E-state index in [1.165, 1.54) is 5.56 Å². The average molecular weight is 378 g/mol. The number of furan rings is 1. The first-order valence-corrected chi connectivity index (χ1v) is 9.41. The molecule has 0 radical (unpaired) electrons. The van der Waals surface area contributed by atoms with Gasteiger partial charge in [0.2, 0.25) is 0 Å². The zero-order valence-corrected chi connectivity index (χ0v) is 16.1. The maximum absolute atomic E-state index is 5.38. The van der Waals surface area contributed by atoms with Crippen LogP contribution in [0.2, 0.25) is 0 Å². The summed E-state index contributed by atoms with van der Waals surface area (Å²) in [4.78, 5) is 8.98. The van der Waals surface area contributed by atoms with E-state index >= 15 is 0 Å². The van der Waals surface area contributed by atoms with E-state index in [0.717, 1.165) is 49.1 Å². The summed E-state index contributed by atoms with van der Waals surface area (Å²) in [5, 5.41) is 6.76. The highest BCUT2D eigenvalue weighted by atomic mass is 16.5. The highest BCUT2D eigenvalue weighted by molar-refractivity contribution is 5.79. The molecule has 0 bridgehead atoms. The van der Waals surface area contributed by atoms with Crippen molar-refractivity contribution in [2.75, 3.05) is 20.2 Å². The molecule has 0 aliphatic heterocycles. The molecule has 6 heteroatoms. The van der Waals surface area contributed by atoms with Gasteiger partial charge in [0, 0.05) is 25.7 Å². The van der Waals surface area contributed by atoms with E-state index < -0.39 is 0 Å². The maximum atomic E-state index is 5.38. The number of benzene rings is 1. The van der Waals surface area contributed by atoms with E-state index in [1.807, 2.05) is 42.5 Å². The molecule has 3 aromatic rings. The van der Waals surface area contributed by atoms with E-state index in [2.05, 4.69) is 32.7 Å². The minimum atomic E-state index is 0.527. The lowest BCUT2D eigenvalue weighted by atomic mass is 10.1. The van der Waals surface area contributed by atoms with Crippen LogP contribution >= 0.6 is 0 Å². The van der Waals surface area contributed by atoms with Crippen molar-refractivity contribution in [3.8, 4) is 5.75 Å². The molecule has 0 aliphatic rings. The number of ether oxygens (including phenoxy) is 1. The third kappa shape index (κ3) is 6.46. The molecule has 0 amide bonds. The third-order valence-electron chi connectivity index (χ3n) is 4.23. The van der Waals surface area contributed by atoms with Crippen molar-refractivity contribution in [1.29, 1.82) is 0 Å². The minimum Gasteiger partial charge on any atom is -0.497 e. The van der Waals surface area contributed by atoms with Crippen molar-refractivity contribution in [3.63, 3.8) is 0 Å². The summed E-state index contributed by atoms with van der Waals surface area (Å²) in [6.45, 7) is 2.05. The fraction of sp³-hybridized carbons (Fsp3) is 0.273. The van der Waals surface area contributed by atoms with Crippen LogP contribution in [0.3, 0.4) is 0 Å². The lowest BCUT2D eigenvalue weighted by Gasteiger charge is -2.12. The molecule has 0 aliphatic carbocycles. The Labute approximate surface area is 165 Å². The van der Waals surface area contributed by atoms with Crippen LogP contribution in [-0.4, -0.2) is 31.1 Å². The van der Waals surface area contributed by atoms with E-state index in [9.17, 15) is 0 Å². The molecular formula is C22H26N4O2. The molecule has 0 unspecified atom stereocenters. The number of nitrogens with one attached hydrogen (secondary N) is 2. The Morgan fingerprint density at radius 2 is 1.82 bits per heavy atom. The van der Waals surface area contributed by atoms with Crippen LogP contribution in [-0.2, 0) is 19.4 Å². The largest absolute Gasteiger partial charge is 0.497 e. The smallest absolute Gasteiger partial charge is 0.191 e. The van der Waals surface area contributed by atoms with E-state index in [0.29, 0.717) is 6.54 Å². The van der Waals surface area contributed by atoms with Gasteiger partial charge in [-0.2, -0.15) is 0 Å². The second kappa shape index (κ2) is 10.8. The van der Waals surface area contributed by atoms with Crippen LogP contribution in [0.15, 0.2) is 76.5 Å². The maximum Gasteiger partial charge on any atom is 0.191 e. The number of aromatic nitrogens is 1. The predicted molar refractivity (Wildman–Crippen MR) is 110 cm³/mol. The molecular weight excluding hydrogens is 352 g/mol. The number of methoxy groups -OCH3 is 1. The number of nitrogens with zero attached hydrogens (tertiary/aromatic N) is 2. The first-order chi connectivity index (χ1) is 13.8. The topological polar surface area (TPSA) is 71.7 Å². The molecule has 0 spiro atoms. The van der Waals surface area contributed by atoms with Crippen molar-refractivity contribution in [2.45, 2.75) is 19.4 Å². The fourth-order valence-electron chi connectivity index (χ4n) is 2.70. The van der Waals surface area contributed by atoms with Crippen molar-refractivity contribution in [2.24, 2.45) is 4.99 Å². The zero-order chi connectivity index (χ0) is 19.4. The van der Waals surface area contributed by atoms with Gasteiger partial charge in [0.15, 0.2) is 5.96 Å². The molecule has 0 fully saturated rings. The zero-order valence-electron chi connectivity index (χ0n) is 16.1. The molecule has 1 aromatic carbocycles. The molecule has 0 saturated heterocycles. The summed E-state index contributed by atoms with van der Waals surface area (Å²) in [7, 11) is 1.68. The number of guanidine groups is 1. The lowest BCUT2D eigenvalue weighted by Crippen LogP contribution is -2.39. The van der Waals surface area contributed by atoms with Crippen molar-refractivity contribution < 1.29 is 9.15 Å². The molecule has 2 aromatic heterocycles. The Kier molecular flexibility index (Phi) is 7.49. The van der Waals surface area contributed by atoms with Gasteiger partial charge in [0.25, 0.3) is 0 Å². The molecule has 28 heavy (non-hydrogen) atoms. The normalized spacial score (nSPS) is 11.2. The van der Waals surface area contributed by atoms with Gasteiger partial charge in [-0.1, -0.05) is 18.2 Å². The molecule has 6 nitrogen and oxygen atoms in total. The summed E-state index contributed by atoms with van der Waals surface area (Å²) < 4.78 is 10.6. The Bertz CT molecular complexity index is 831. The molecule has 0 saturated carbocycles. The SMILES string of the molecule is COc1ccc(CCNC(=NCc2ccccn2)NCCc2ccco2)cc1. The van der Waals surface area contributed by atoms with Crippen molar-refractivity contribution >= 4 is 5.96 Å². The highest BCUT2D eigenvalue weighted by Gasteiger charge is 2.02. The van der Waals surface area contributed by atoms with Crippen LogP contribution < -0.4 is 15.4 Å². The fourth-order valence-corrected chi connectivity index (χ4v) is 2.70. The number of aliphatic imine (C=N–C) groups is 1. The Morgan fingerprint density at radius 3 is 2.50 bits per heavy atom. The molecule has 146 valence electrons. The predicted octanol–water partition coefficient (Wildman–Crippen LogP) is 3.20. The van der Waals surface area contributed by atoms with Gasteiger partial charge in [-0.05, 0) is 48.4 Å². The summed E-state index contributed by atoms with van der Waals surface area (Å²) in [6, 6.07) is 17.8. The minimum absolute atomic E-state index is 0.527. The second-order valence-electron chi connectivity index (χ2n) is 6.27. The van der Waals surface area contributed by atoms with Gasteiger partial charge in [0.1, 0.15) is 11.5 Å². The first kappa shape index (κ1) is 19.5. The van der Waals surface area contributed by atoms with Crippen LogP contribution in [0.5, 0.6) is 5.75 Å². The first-order valence-electron chi connectivity index (χ1n) is 9.41. The van der Waals surface area contributed by atoms with Gasteiger partial charge >= 0.3 is 0 Å². The van der Waals surface area contributed by atoms with E-state index in [4.69, 9.17) is 9.15 Å². The van der Waals surface area contributed by atoms with Gasteiger partial charge in [-0.25, -0.2) is 4.99 Å². The number of pyridine rings is 1. The molecule has 2 heterocycles. The van der Waals surface area contributed by atoms with Crippen molar-refractivity contribution in [3.05, 3.63) is 84.1 Å². The van der Waals surface area contributed by atoms with Gasteiger partial charge in [-0.3, -0.25) is 4.98 Å². The average Bonchev–Trinajstić information content (AvgIpc) is 3.26. The summed E-state index contributed by atoms with van der Waals surface area (Å²) in [6.07, 6.45) is 5.17. The molecule has 2 N–H and O–H groups in total. The van der Waals surface area contributed by atoms with Gasteiger partial charge < -0.3 is 19.8 Å². The van der Waals surface area contributed by atoms with E-state index in [-0.39, 0.29) is 0 Å². The monoisotopic (exact) mass is 378 g/mol.